The van der Waals surface area contributed by atoms with Crippen molar-refractivity contribution in [3.05, 3.63) is 29.7 Å². The number of aromatic nitrogens is 3. The smallest absolute Gasteiger partial charge is 0.387 e. The van der Waals surface area contributed by atoms with Crippen LogP contribution in [-0.2, 0) is 16.1 Å². The lowest BCUT2D eigenvalue weighted by molar-refractivity contribution is -0.191. The molecule has 0 radical (unpaired) electrons. The lowest BCUT2D eigenvalue weighted by Crippen LogP contribution is -2.05. The summed E-state index contributed by atoms with van der Waals surface area (Å²) >= 11 is 6.01. The SMILES string of the molecule is CCn1ncc(Cl)c1-c1cnccc1OC(F)F.O=C=O. The predicted molar refractivity (Wildman–Crippen MR) is 67.8 cm³/mol. The Kier molecular flexibility index (Phi) is 6.45. The number of carbonyl (C=O) groups excluding carboxylic acids is 2. The minimum absolute atomic E-state index is 0.0251. The molecule has 0 aromatic carbocycles. The molecule has 112 valence electrons. The van der Waals surface area contributed by atoms with Crippen LogP contribution in [0.4, 0.5) is 8.78 Å². The van der Waals surface area contributed by atoms with E-state index in [-0.39, 0.29) is 11.9 Å². The highest BCUT2D eigenvalue weighted by Crippen LogP contribution is 2.34. The summed E-state index contributed by atoms with van der Waals surface area (Å²) in [6.07, 6.45) is 4.51. The molecule has 0 aliphatic heterocycles. The first-order valence-electron chi connectivity index (χ1n) is 5.64. The van der Waals surface area contributed by atoms with E-state index >= 15 is 0 Å². The number of pyridine rings is 1. The van der Waals surface area contributed by atoms with E-state index in [4.69, 9.17) is 21.2 Å². The van der Waals surface area contributed by atoms with Gasteiger partial charge < -0.3 is 4.74 Å². The van der Waals surface area contributed by atoms with E-state index in [1.807, 2.05) is 6.92 Å². The van der Waals surface area contributed by atoms with Gasteiger partial charge >= 0.3 is 12.8 Å². The van der Waals surface area contributed by atoms with Crippen molar-refractivity contribution in [1.29, 1.82) is 0 Å². The van der Waals surface area contributed by atoms with Gasteiger partial charge in [0, 0.05) is 18.9 Å². The molecule has 0 unspecified atom stereocenters. The molecule has 0 N–H and O–H groups in total. The molecule has 0 aliphatic rings. The molecule has 0 saturated heterocycles. The van der Waals surface area contributed by atoms with Crippen LogP contribution in [0.5, 0.6) is 5.75 Å². The second-order valence-corrected chi connectivity index (χ2v) is 3.90. The van der Waals surface area contributed by atoms with Gasteiger partial charge in [0.05, 0.1) is 22.5 Å². The highest BCUT2D eigenvalue weighted by atomic mass is 35.5. The second-order valence-electron chi connectivity index (χ2n) is 3.49. The fraction of sp³-hybridized carbons (Fsp3) is 0.250. The summed E-state index contributed by atoms with van der Waals surface area (Å²) in [6, 6.07) is 1.37. The maximum Gasteiger partial charge on any atom is 0.387 e. The Morgan fingerprint density at radius 1 is 1.43 bits per heavy atom. The Bertz CT molecular complexity index is 628. The maximum atomic E-state index is 12.3. The van der Waals surface area contributed by atoms with Crippen LogP contribution in [0.15, 0.2) is 24.7 Å². The Morgan fingerprint density at radius 3 is 2.67 bits per heavy atom. The van der Waals surface area contributed by atoms with Gasteiger partial charge in [-0.2, -0.15) is 23.5 Å². The Balaban J connectivity index is 0.000000677. The van der Waals surface area contributed by atoms with Crippen molar-refractivity contribution in [1.82, 2.24) is 14.8 Å². The Hall–Kier alpha value is -2.31. The predicted octanol–water partition coefficient (Wildman–Crippen LogP) is 2.64. The third-order valence-electron chi connectivity index (χ3n) is 2.35. The van der Waals surface area contributed by atoms with Crippen LogP contribution in [-0.4, -0.2) is 27.5 Å². The van der Waals surface area contributed by atoms with Gasteiger partial charge in [0.25, 0.3) is 0 Å². The molecular formula is C12H10ClF2N3O3. The fourth-order valence-corrected chi connectivity index (χ4v) is 1.87. The molecule has 2 aromatic rings. The summed E-state index contributed by atoms with van der Waals surface area (Å²) in [4.78, 5) is 20.2. The van der Waals surface area contributed by atoms with Crippen molar-refractivity contribution in [2.45, 2.75) is 20.1 Å². The largest absolute Gasteiger partial charge is 0.434 e. The average Bonchev–Trinajstić information content (AvgIpc) is 2.81. The van der Waals surface area contributed by atoms with Gasteiger partial charge in [0.15, 0.2) is 0 Å². The first kappa shape index (κ1) is 16.7. The molecule has 0 bridgehead atoms. The monoisotopic (exact) mass is 317 g/mol. The van der Waals surface area contributed by atoms with Crippen LogP contribution >= 0.6 is 11.6 Å². The van der Waals surface area contributed by atoms with Crippen molar-refractivity contribution in [3.63, 3.8) is 0 Å². The number of aryl methyl sites for hydroxylation is 1. The molecule has 0 amide bonds. The molecule has 0 atom stereocenters. The first-order valence-corrected chi connectivity index (χ1v) is 6.02. The van der Waals surface area contributed by atoms with E-state index in [9.17, 15) is 8.78 Å². The Morgan fingerprint density at radius 2 is 2.10 bits per heavy atom. The summed E-state index contributed by atoms with van der Waals surface area (Å²) in [5.74, 6) is 0.0251. The number of alkyl halides is 2. The first-order chi connectivity index (χ1) is 10.0. The second kappa shape index (κ2) is 8.08. The summed E-state index contributed by atoms with van der Waals surface area (Å²) in [5, 5.41) is 4.41. The highest BCUT2D eigenvalue weighted by molar-refractivity contribution is 6.33. The molecule has 2 aromatic heterocycles. The average molecular weight is 318 g/mol. The fourth-order valence-electron chi connectivity index (χ4n) is 1.63. The van der Waals surface area contributed by atoms with Gasteiger partial charge in [-0.25, -0.2) is 0 Å². The molecule has 21 heavy (non-hydrogen) atoms. The molecule has 0 fully saturated rings. The van der Waals surface area contributed by atoms with Crippen molar-refractivity contribution >= 4 is 17.8 Å². The lowest BCUT2D eigenvalue weighted by Gasteiger charge is -2.11. The third-order valence-corrected chi connectivity index (χ3v) is 2.62. The zero-order valence-electron chi connectivity index (χ0n) is 10.8. The van der Waals surface area contributed by atoms with Gasteiger partial charge in [-0.05, 0) is 13.0 Å². The minimum atomic E-state index is -2.90. The summed E-state index contributed by atoms with van der Waals surface area (Å²) in [7, 11) is 0. The molecule has 2 heterocycles. The Labute approximate surface area is 123 Å². The molecule has 6 nitrogen and oxygen atoms in total. The van der Waals surface area contributed by atoms with Gasteiger partial charge in [-0.15, -0.1) is 0 Å². The molecule has 9 heteroatoms. The number of hydrogen-bond acceptors (Lipinski definition) is 5. The van der Waals surface area contributed by atoms with E-state index in [1.54, 1.807) is 4.68 Å². The van der Waals surface area contributed by atoms with Crippen LogP contribution in [0.2, 0.25) is 5.02 Å². The normalized spacial score (nSPS) is 9.76. The molecule has 2 rings (SSSR count). The maximum absolute atomic E-state index is 12.3. The molecular weight excluding hydrogens is 308 g/mol. The highest BCUT2D eigenvalue weighted by Gasteiger charge is 2.17. The number of halogens is 3. The van der Waals surface area contributed by atoms with Gasteiger partial charge in [0.2, 0.25) is 0 Å². The van der Waals surface area contributed by atoms with E-state index < -0.39 is 6.61 Å². The minimum Gasteiger partial charge on any atom is -0.434 e. The standard InChI is InChI=1S/C11H10ClF2N3O.CO2/c1-2-17-10(8(12)6-16-17)7-5-15-4-3-9(7)18-11(13)14;2-1-3/h3-6,11H,2H2,1H3;. The van der Waals surface area contributed by atoms with Crippen LogP contribution in [0.1, 0.15) is 6.92 Å². The van der Waals surface area contributed by atoms with E-state index in [0.29, 0.717) is 22.8 Å². The zero-order valence-corrected chi connectivity index (χ0v) is 11.6. The van der Waals surface area contributed by atoms with Gasteiger partial charge in [0.1, 0.15) is 5.75 Å². The third kappa shape index (κ3) is 4.34. The van der Waals surface area contributed by atoms with Gasteiger partial charge in [-0.1, -0.05) is 11.6 Å². The van der Waals surface area contributed by atoms with E-state index in [0.717, 1.165) is 0 Å². The zero-order chi connectivity index (χ0) is 15.8. The topological polar surface area (TPSA) is 74.1 Å². The van der Waals surface area contributed by atoms with Gasteiger partial charge in [-0.3, -0.25) is 9.67 Å². The molecule has 0 saturated carbocycles. The van der Waals surface area contributed by atoms with Crippen LogP contribution < -0.4 is 4.74 Å². The summed E-state index contributed by atoms with van der Waals surface area (Å²) in [5.41, 5.74) is 0.907. The number of nitrogens with zero attached hydrogens (tertiary/aromatic N) is 3. The van der Waals surface area contributed by atoms with E-state index in [2.05, 4.69) is 14.8 Å². The van der Waals surface area contributed by atoms with Crippen molar-refractivity contribution in [3.8, 4) is 17.0 Å². The molecule has 0 spiro atoms. The van der Waals surface area contributed by atoms with Crippen molar-refractivity contribution < 1.29 is 23.1 Å². The molecule has 0 aliphatic carbocycles. The lowest BCUT2D eigenvalue weighted by atomic mass is 10.2. The van der Waals surface area contributed by atoms with E-state index in [1.165, 1.54) is 24.7 Å². The number of ether oxygens (including phenoxy) is 1. The van der Waals surface area contributed by atoms with Crippen molar-refractivity contribution in [2.75, 3.05) is 0 Å². The summed E-state index contributed by atoms with van der Waals surface area (Å²) in [6.45, 7) is -0.468. The summed E-state index contributed by atoms with van der Waals surface area (Å²) < 4.78 is 30.7. The van der Waals surface area contributed by atoms with Crippen LogP contribution in [0.25, 0.3) is 11.3 Å². The number of hydrogen-bond donors (Lipinski definition) is 0. The van der Waals surface area contributed by atoms with Crippen LogP contribution in [0, 0.1) is 0 Å². The van der Waals surface area contributed by atoms with Crippen LogP contribution in [0.3, 0.4) is 0 Å². The number of rotatable bonds is 4. The van der Waals surface area contributed by atoms with Crippen molar-refractivity contribution in [2.24, 2.45) is 0 Å². The quantitative estimate of drug-likeness (QED) is 0.866.